The Morgan fingerprint density at radius 3 is 2.59 bits per heavy atom. The van der Waals surface area contributed by atoms with Gasteiger partial charge in [0.2, 0.25) is 0 Å². The molecule has 1 unspecified atom stereocenters. The van der Waals surface area contributed by atoms with Gasteiger partial charge in [0.1, 0.15) is 0 Å². The van der Waals surface area contributed by atoms with Crippen molar-refractivity contribution >= 4 is 17.4 Å². The Morgan fingerprint density at radius 1 is 1.17 bits per heavy atom. The second-order valence-corrected chi connectivity index (χ2v) is 7.99. The maximum atomic E-state index is 13.0. The predicted molar refractivity (Wildman–Crippen MR) is 116 cm³/mol. The van der Waals surface area contributed by atoms with Crippen LogP contribution in [-0.4, -0.2) is 40.9 Å². The van der Waals surface area contributed by atoms with E-state index in [1.165, 1.54) is 0 Å². The SMILES string of the molecule is CC(=O)c1c(C)cc(C)c(CNc2ccccc2C(=O)N2CCCC(O)C2)c1C. The third kappa shape index (κ3) is 4.51. The van der Waals surface area contributed by atoms with E-state index in [1.807, 2.05) is 51.1 Å². The highest BCUT2D eigenvalue weighted by atomic mass is 16.3. The number of benzene rings is 2. The number of para-hydroxylation sites is 1. The first-order chi connectivity index (χ1) is 13.8. The summed E-state index contributed by atoms with van der Waals surface area (Å²) in [6.45, 7) is 9.18. The average molecular weight is 395 g/mol. The Morgan fingerprint density at radius 2 is 1.90 bits per heavy atom. The van der Waals surface area contributed by atoms with Crippen LogP contribution in [0.5, 0.6) is 0 Å². The van der Waals surface area contributed by atoms with Gasteiger partial charge in [-0.15, -0.1) is 0 Å². The third-order valence-corrected chi connectivity index (χ3v) is 5.78. The Kier molecular flexibility index (Phi) is 6.38. The van der Waals surface area contributed by atoms with E-state index in [0.29, 0.717) is 25.2 Å². The number of aryl methyl sites for hydroxylation is 2. The Hall–Kier alpha value is -2.66. The summed E-state index contributed by atoms with van der Waals surface area (Å²) in [4.78, 5) is 26.8. The number of amides is 1. The fourth-order valence-corrected chi connectivity index (χ4v) is 4.36. The highest BCUT2D eigenvalue weighted by molar-refractivity contribution is 6.00. The van der Waals surface area contributed by atoms with Gasteiger partial charge in [-0.25, -0.2) is 0 Å². The lowest BCUT2D eigenvalue weighted by molar-refractivity contribution is 0.0474. The minimum Gasteiger partial charge on any atom is -0.391 e. The fourth-order valence-electron chi connectivity index (χ4n) is 4.36. The average Bonchev–Trinajstić information content (AvgIpc) is 2.67. The zero-order valence-electron chi connectivity index (χ0n) is 17.7. The van der Waals surface area contributed by atoms with Gasteiger partial charge >= 0.3 is 0 Å². The quantitative estimate of drug-likeness (QED) is 0.752. The van der Waals surface area contributed by atoms with Crippen molar-refractivity contribution in [3.05, 3.63) is 63.7 Å². The number of aliphatic hydroxyl groups is 1. The molecular formula is C24H30N2O3. The first-order valence-corrected chi connectivity index (χ1v) is 10.2. The predicted octanol–water partition coefficient (Wildman–Crippen LogP) is 4.02. The van der Waals surface area contributed by atoms with E-state index < -0.39 is 6.10 Å². The standard InChI is InChI=1S/C24H30N2O3/c1-15-12-16(2)23(18(4)27)17(3)21(15)13-25-22-10-6-5-9-20(22)24(29)26-11-7-8-19(28)14-26/h5-6,9-10,12,19,25,28H,7-8,11,13-14H2,1-4H3. The van der Waals surface area contributed by atoms with E-state index in [1.54, 1.807) is 11.8 Å². The third-order valence-electron chi connectivity index (χ3n) is 5.78. The largest absolute Gasteiger partial charge is 0.391 e. The molecule has 154 valence electrons. The number of hydrogen-bond donors (Lipinski definition) is 2. The highest BCUT2D eigenvalue weighted by Gasteiger charge is 2.24. The normalized spacial score (nSPS) is 16.6. The van der Waals surface area contributed by atoms with Crippen molar-refractivity contribution in [2.45, 2.75) is 53.2 Å². The van der Waals surface area contributed by atoms with Crippen LogP contribution in [0.3, 0.4) is 0 Å². The molecule has 0 aliphatic carbocycles. The number of nitrogens with one attached hydrogen (secondary N) is 1. The molecule has 2 N–H and O–H groups in total. The van der Waals surface area contributed by atoms with Gasteiger partial charge in [-0.3, -0.25) is 9.59 Å². The number of aliphatic hydroxyl groups excluding tert-OH is 1. The second-order valence-electron chi connectivity index (χ2n) is 7.99. The van der Waals surface area contributed by atoms with Gasteiger partial charge < -0.3 is 15.3 Å². The number of ketones is 1. The molecule has 1 amide bonds. The number of rotatable bonds is 5. The smallest absolute Gasteiger partial charge is 0.256 e. The van der Waals surface area contributed by atoms with Crippen molar-refractivity contribution in [3.63, 3.8) is 0 Å². The number of piperidine rings is 1. The van der Waals surface area contributed by atoms with Crippen LogP contribution >= 0.6 is 0 Å². The number of β-amino-alcohol motifs (C(OH)–C–C–N with tert-alkyl or cyclic N) is 1. The first-order valence-electron chi connectivity index (χ1n) is 10.2. The second kappa shape index (κ2) is 8.78. The molecular weight excluding hydrogens is 364 g/mol. The van der Waals surface area contributed by atoms with Crippen molar-refractivity contribution in [1.82, 2.24) is 4.90 Å². The lowest BCUT2D eigenvalue weighted by atomic mass is 9.91. The molecule has 5 nitrogen and oxygen atoms in total. The Balaban J connectivity index is 1.85. The van der Waals surface area contributed by atoms with Crippen LogP contribution in [0.4, 0.5) is 5.69 Å². The van der Waals surface area contributed by atoms with Crippen LogP contribution in [0.1, 0.15) is 62.7 Å². The summed E-state index contributed by atoms with van der Waals surface area (Å²) < 4.78 is 0. The zero-order chi connectivity index (χ0) is 21.1. The summed E-state index contributed by atoms with van der Waals surface area (Å²) in [6.07, 6.45) is 1.11. The van der Waals surface area contributed by atoms with Crippen molar-refractivity contribution in [3.8, 4) is 0 Å². The molecule has 1 aliphatic heterocycles. The van der Waals surface area contributed by atoms with E-state index in [0.717, 1.165) is 46.3 Å². The molecule has 0 spiro atoms. The number of carbonyl (C=O) groups is 2. The minimum atomic E-state index is -0.448. The zero-order valence-corrected chi connectivity index (χ0v) is 17.7. The summed E-state index contributed by atoms with van der Waals surface area (Å²) in [5.74, 6) is 0.00843. The lowest BCUT2D eigenvalue weighted by Crippen LogP contribution is -2.42. The van der Waals surface area contributed by atoms with Crippen LogP contribution in [0.15, 0.2) is 30.3 Å². The van der Waals surface area contributed by atoms with Gasteiger partial charge in [0.05, 0.1) is 11.7 Å². The maximum absolute atomic E-state index is 13.0. The van der Waals surface area contributed by atoms with Crippen LogP contribution in [0.2, 0.25) is 0 Å². The highest BCUT2D eigenvalue weighted by Crippen LogP contribution is 2.25. The molecule has 1 aliphatic rings. The van der Waals surface area contributed by atoms with Crippen molar-refractivity contribution in [1.29, 1.82) is 0 Å². The van der Waals surface area contributed by atoms with Crippen LogP contribution in [0, 0.1) is 20.8 Å². The van der Waals surface area contributed by atoms with Gasteiger partial charge in [-0.2, -0.15) is 0 Å². The number of carbonyl (C=O) groups excluding carboxylic acids is 2. The minimum absolute atomic E-state index is 0.0615. The number of anilines is 1. The molecule has 1 atom stereocenters. The van der Waals surface area contributed by atoms with E-state index in [4.69, 9.17) is 0 Å². The van der Waals surface area contributed by atoms with E-state index in [-0.39, 0.29) is 11.7 Å². The number of Topliss-reactive ketones (excluding diaryl/α,β-unsaturated/α-hetero) is 1. The van der Waals surface area contributed by atoms with Crippen LogP contribution < -0.4 is 5.32 Å². The molecule has 1 fully saturated rings. The molecule has 29 heavy (non-hydrogen) atoms. The molecule has 2 aromatic carbocycles. The molecule has 0 saturated carbocycles. The molecule has 0 aromatic heterocycles. The number of likely N-dealkylation sites (tertiary alicyclic amines) is 1. The summed E-state index contributed by atoms with van der Waals surface area (Å²) in [5.41, 5.74) is 6.34. The summed E-state index contributed by atoms with van der Waals surface area (Å²) in [7, 11) is 0. The summed E-state index contributed by atoms with van der Waals surface area (Å²) in [5, 5.41) is 13.3. The molecule has 0 bridgehead atoms. The number of hydrogen-bond acceptors (Lipinski definition) is 4. The van der Waals surface area contributed by atoms with Crippen molar-refractivity contribution in [2.24, 2.45) is 0 Å². The van der Waals surface area contributed by atoms with E-state index >= 15 is 0 Å². The van der Waals surface area contributed by atoms with E-state index in [2.05, 4.69) is 5.32 Å². The first kappa shape index (κ1) is 21.1. The van der Waals surface area contributed by atoms with Crippen LogP contribution in [0.25, 0.3) is 0 Å². The monoisotopic (exact) mass is 394 g/mol. The maximum Gasteiger partial charge on any atom is 0.256 e. The molecule has 0 radical (unpaired) electrons. The van der Waals surface area contributed by atoms with Crippen LogP contribution in [-0.2, 0) is 6.54 Å². The molecule has 1 heterocycles. The molecule has 5 heteroatoms. The summed E-state index contributed by atoms with van der Waals surface area (Å²) in [6, 6.07) is 9.53. The van der Waals surface area contributed by atoms with E-state index in [9.17, 15) is 14.7 Å². The fraction of sp³-hybridized carbons (Fsp3) is 0.417. The Bertz CT molecular complexity index is 936. The van der Waals surface area contributed by atoms with Gasteiger partial charge in [0, 0.05) is 30.9 Å². The van der Waals surface area contributed by atoms with Gasteiger partial charge in [-0.1, -0.05) is 18.2 Å². The van der Waals surface area contributed by atoms with Crippen molar-refractivity contribution < 1.29 is 14.7 Å². The molecule has 1 saturated heterocycles. The summed E-state index contributed by atoms with van der Waals surface area (Å²) >= 11 is 0. The van der Waals surface area contributed by atoms with Crippen molar-refractivity contribution in [2.75, 3.05) is 18.4 Å². The van der Waals surface area contributed by atoms with Gasteiger partial charge in [-0.05, 0) is 74.9 Å². The lowest BCUT2D eigenvalue weighted by Gasteiger charge is -2.30. The Labute approximate surface area is 172 Å². The molecule has 3 rings (SSSR count). The van der Waals surface area contributed by atoms with Gasteiger partial charge in [0.15, 0.2) is 5.78 Å². The topological polar surface area (TPSA) is 69.6 Å². The number of nitrogens with zero attached hydrogens (tertiary/aromatic N) is 1. The van der Waals surface area contributed by atoms with Gasteiger partial charge in [0.25, 0.3) is 5.91 Å². The molecule has 2 aromatic rings.